The molecule has 0 spiro atoms. The van der Waals surface area contributed by atoms with E-state index < -0.39 is 0 Å². The predicted octanol–water partition coefficient (Wildman–Crippen LogP) is 3.20. The Labute approximate surface area is 129 Å². The highest BCUT2D eigenvalue weighted by Gasteiger charge is 2.34. The lowest BCUT2D eigenvalue weighted by Gasteiger charge is -2.44. The molecule has 2 aromatic rings. The van der Waals surface area contributed by atoms with Gasteiger partial charge in [-0.15, -0.1) is 12.4 Å². The van der Waals surface area contributed by atoms with Gasteiger partial charge in [0.2, 0.25) is 5.58 Å². The number of halogens is 2. The Morgan fingerprint density at radius 3 is 2.76 bits per heavy atom. The molecule has 5 rings (SSSR count). The first-order chi connectivity index (χ1) is 9.72. The average Bonchev–Trinajstić information content (AvgIpc) is 2.88. The van der Waals surface area contributed by atoms with Crippen molar-refractivity contribution in [2.75, 3.05) is 25.0 Å². The lowest BCUT2D eigenvalue weighted by atomic mass is 9.84. The molecule has 0 amide bonds. The number of anilines is 1. The van der Waals surface area contributed by atoms with Crippen molar-refractivity contribution >= 4 is 29.2 Å². The third-order valence-corrected chi connectivity index (χ3v) is 4.75. The number of fused-ring (bicyclic) bond motifs is 4. The van der Waals surface area contributed by atoms with Crippen molar-refractivity contribution in [3.05, 3.63) is 23.5 Å². The van der Waals surface area contributed by atoms with Gasteiger partial charge in [-0.25, -0.2) is 4.39 Å². The van der Waals surface area contributed by atoms with Crippen LogP contribution in [0.2, 0.25) is 0 Å². The second kappa shape index (κ2) is 5.46. The van der Waals surface area contributed by atoms with E-state index in [4.69, 9.17) is 4.52 Å². The Bertz CT molecular complexity index is 652. The van der Waals surface area contributed by atoms with Gasteiger partial charge in [0.25, 0.3) is 0 Å². The minimum absolute atomic E-state index is 0. The molecule has 1 atom stereocenters. The van der Waals surface area contributed by atoms with Gasteiger partial charge in [-0.05, 0) is 50.4 Å². The maximum absolute atomic E-state index is 14.0. The van der Waals surface area contributed by atoms with Gasteiger partial charge in [-0.2, -0.15) is 0 Å². The average molecular weight is 312 g/mol. The van der Waals surface area contributed by atoms with E-state index in [0.29, 0.717) is 23.3 Å². The molecule has 3 saturated heterocycles. The third kappa shape index (κ3) is 2.38. The molecule has 0 aliphatic carbocycles. The number of benzene rings is 1. The summed E-state index contributed by atoms with van der Waals surface area (Å²) in [6.45, 7) is 5.19. The van der Waals surface area contributed by atoms with Crippen molar-refractivity contribution in [3.8, 4) is 0 Å². The van der Waals surface area contributed by atoms with Gasteiger partial charge in [-0.3, -0.25) is 0 Å². The lowest BCUT2D eigenvalue weighted by Crippen LogP contribution is -2.53. The van der Waals surface area contributed by atoms with Crippen molar-refractivity contribution in [1.29, 1.82) is 0 Å². The molecule has 1 unspecified atom stereocenters. The molecule has 3 aliphatic heterocycles. The van der Waals surface area contributed by atoms with Crippen LogP contribution in [0.4, 0.5) is 10.2 Å². The van der Waals surface area contributed by atoms with Crippen LogP contribution in [0.15, 0.2) is 16.7 Å². The number of hydrogen-bond donors (Lipinski definition) is 1. The van der Waals surface area contributed by atoms with Crippen LogP contribution in [0.3, 0.4) is 0 Å². The molecule has 3 aliphatic rings. The fourth-order valence-electron chi connectivity index (χ4n) is 3.48. The molecule has 114 valence electrons. The van der Waals surface area contributed by atoms with E-state index in [0.717, 1.165) is 11.9 Å². The van der Waals surface area contributed by atoms with Gasteiger partial charge in [0.15, 0.2) is 11.6 Å². The first-order valence-electron chi connectivity index (χ1n) is 7.26. The molecule has 3 fully saturated rings. The molecule has 21 heavy (non-hydrogen) atoms. The van der Waals surface area contributed by atoms with Crippen LogP contribution in [-0.2, 0) is 0 Å². The van der Waals surface area contributed by atoms with Gasteiger partial charge in [0, 0.05) is 12.6 Å². The standard InChI is InChI=1S/C15H18FN3O.ClH/c1-9-2-3-11-14(13(9)16)20-18-15(11)17-12-8-19-6-4-10(12)5-7-19;/h2-3,10,12H,4-8H2,1H3,(H,17,18);1H. The zero-order valence-electron chi connectivity index (χ0n) is 11.9. The highest BCUT2D eigenvalue weighted by molar-refractivity contribution is 5.89. The summed E-state index contributed by atoms with van der Waals surface area (Å²) in [5, 5.41) is 8.24. The maximum atomic E-state index is 14.0. The second-order valence-electron chi connectivity index (χ2n) is 5.99. The SMILES string of the molecule is Cc1ccc2c(NC3CN4CCC3CC4)noc2c1F.Cl. The zero-order valence-corrected chi connectivity index (χ0v) is 12.8. The monoisotopic (exact) mass is 311 g/mol. The Kier molecular flexibility index (Phi) is 3.80. The first kappa shape index (κ1) is 14.6. The molecule has 0 saturated carbocycles. The van der Waals surface area contributed by atoms with E-state index in [1.807, 2.05) is 6.07 Å². The van der Waals surface area contributed by atoms with Crippen LogP contribution in [0, 0.1) is 18.7 Å². The molecule has 1 aromatic carbocycles. The van der Waals surface area contributed by atoms with Crippen molar-refractivity contribution in [3.63, 3.8) is 0 Å². The summed E-state index contributed by atoms with van der Waals surface area (Å²) in [7, 11) is 0. The van der Waals surface area contributed by atoms with Gasteiger partial charge < -0.3 is 14.7 Å². The van der Waals surface area contributed by atoms with Gasteiger partial charge in [0.05, 0.1) is 5.39 Å². The minimum Gasteiger partial charge on any atom is -0.362 e. The van der Waals surface area contributed by atoms with E-state index in [-0.39, 0.29) is 23.8 Å². The second-order valence-corrected chi connectivity index (χ2v) is 5.99. The van der Waals surface area contributed by atoms with Crippen molar-refractivity contribution in [2.45, 2.75) is 25.8 Å². The Morgan fingerprint density at radius 1 is 1.33 bits per heavy atom. The van der Waals surface area contributed by atoms with Crippen LogP contribution in [0.25, 0.3) is 11.0 Å². The van der Waals surface area contributed by atoms with Crippen LogP contribution in [-0.4, -0.2) is 35.7 Å². The van der Waals surface area contributed by atoms with Gasteiger partial charge >= 0.3 is 0 Å². The van der Waals surface area contributed by atoms with E-state index in [1.54, 1.807) is 13.0 Å². The zero-order chi connectivity index (χ0) is 13.7. The summed E-state index contributed by atoms with van der Waals surface area (Å²) in [5.74, 6) is 1.07. The molecule has 4 heterocycles. The fraction of sp³-hybridized carbons (Fsp3) is 0.533. The van der Waals surface area contributed by atoms with Gasteiger partial charge in [0.1, 0.15) is 0 Å². The number of nitrogens with one attached hydrogen (secondary N) is 1. The summed E-state index contributed by atoms with van der Waals surface area (Å²) < 4.78 is 19.2. The van der Waals surface area contributed by atoms with Gasteiger partial charge in [-0.1, -0.05) is 11.2 Å². The van der Waals surface area contributed by atoms with Crippen LogP contribution in [0.1, 0.15) is 18.4 Å². The largest absolute Gasteiger partial charge is 0.362 e. The molecular weight excluding hydrogens is 293 g/mol. The first-order valence-corrected chi connectivity index (χ1v) is 7.26. The van der Waals surface area contributed by atoms with E-state index >= 15 is 0 Å². The Balaban J connectivity index is 0.00000132. The smallest absolute Gasteiger partial charge is 0.204 e. The molecular formula is C15H19ClFN3O. The predicted molar refractivity (Wildman–Crippen MR) is 82.5 cm³/mol. The number of hydrogen-bond acceptors (Lipinski definition) is 4. The number of rotatable bonds is 2. The molecule has 2 bridgehead atoms. The van der Waals surface area contributed by atoms with Crippen molar-refractivity contribution < 1.29 is 8.91 Å². The van der Waals surface area contributed by atoms with E-state index in [2.05, 4.69) is 15.4 Å². The summed E-state index contributed by atoms with van der Waals surface area (Å²) in [4.78, 5) is 2.48. The topological polar surface area (TPSA) is 41.3 Å². The van der Waals surface area contributed by atoms with Crippen molar-refractivity contribution in [1.82, 2.24) is 10.1 Å². The number of aromatic nitrogens is 1. The Morgan fingerprint density at radius 2 is 2.10 bits per heavy atom. The number of aryl methyl sites for hydroxylation is 1. The molecule has 4 nitrogen and oxygen atoms in total. The normalized spacial score (nSPS) is 27.6. The summed E-state index contributed by atoms with van der Waals surface area (Å²) in [6, 6.07) is 4.06. The van der Waals surface area contributed by atoms with E-state index in [1.165, 1.54) is 25.9 Å². The maximum Gasteiger partial charge on any atom is 0.204 e. The molecule has 1 N–H and O–H groups in total. The molecule has 0 radical (unpaired) electrons. The number of nitrogens with zero attached hydrogens (tertiary/aromatic N) is 2. The van der Waals surface area contributed by atoms with E-state index in [9.17, 15) is 4.39 Å². The van der Waals surface area contributed by atoms with Crippen LogP contribution >= 0.6 is 12.4 Å². The summed E-state index contributed by atoms with van der Waals surface area (Å²) in [6.07, 6.45) is 2.47. The molecule has 6 heteroatoms. The number of piperidine rings is 3. The Hall–Kier alpha value is -1.33. The third-order valence-electron chi connectivity index (χ3n) is 4.75. The molecule has 1 aromatic heterocycles. The lowest BCUT2D eigenvalue weighted by molar-refractivity contribution is 0.0973. The summed E-state index contributed by atoms with van der Waals surface area (Å²) >= 11 is 0. The quantitative estimate of drug-likeness (QED) is 0.924. The van der Waals surface area contributed by atoms with Crippen LogP contribution < -0.4 is 5.32 Å². The highest BCUT2D eigenvalue weighted by atomic mass is 35.5. The van der Waals surface area contributed by atoms with Crippen molar-refractivity contribution in [2.24, 2.45) is 5.92 Å². The fourth-order valence-corrected chi connectivity index (χ4v) is 3.48. The highest BCUT2D eigenvalue weighted by Crippen LogP contribution is 2.32. The summed E-state index contributed by atoms with van der Waals surface area (Å²) in [5.41, 5.74) is 0.844. The van der Waals surface area contributed by atoms with Crippen LogP contribution in [0.5, 0.6) is 0 Å². The minimum atomic E-state index is -0.308.